The number of fused-ring (bicyclic) bond motifs is 1. The summed E-state index contributed by atoms with van der Waals surface area (Å²) in [5.74, 6) is 0. The first-order valence-corrected chi connectivity index (χ1v) is 7.99. The first kappa shape index (κ1) is 14.9. The third-order valence-corrected chi connectivity index (χ3v) is 4.05. The predicted octanol–water partition coefficient (Wildman–Crippen LogP) is 4.50. The highest BCUT2D eigenvalue weighted by molar-refractivity contribution is 5.84. The minimum atomic E-state index is 0.499. The van der Waals surface area contributed by atoms with Crippen LogP contribution in [0, 0.1) is 6.92 Å². The molecular weight excluding hydrogens is 268 g/mol. The van der Waals surface area contributed by atoms with Gasteiger partial charge in [-0.2, -0.15) is 0 Å². The number of hydrogen-bond donors (Lipinski definition) is 1. The molecule has 0 aliphatic rings. The lowest BCUT2D eigenvalue weighted by Crippen LogP contribution is -2.21. The van der Waals surface area contributed by atoms with Crippen molar-refractivity contribution in [3.63, 3.8) is 0 Å². The van der Waals surface area contributed by atoms with Crippen LogP contribution in [-0.2, 0) is 13.1 Å². The molecule has 0 spiro atoms. The van der Waals surface area contributed by atoms with Gasteiger partial charge in [-0.1, -0.05) is 61.9 Å². The van der Waals surface area contributed by atoms with Gasteiger partial charge in [-0.3, -0.25) is 0 Å². The summed E-state index contributed by atoms with van der Waals surface area (Å²) in [6.45, 7) is 8.34. The molecule has 3 rings (SSSR count). The van der Waals surface area contributed by atoms with Crippen LogP contribution in [0.5, 0.6) is 0 Å². The SMILES string of the molecule is Cc1ccc(Cn2cc(CNC(C)C)c3ccccc32)cc1. The number of para-hydroxylation sites is 1. The normalized spacial score (nSPS) is 11.5. The Morgan fingerprint density at radius 3 is 2.45 bits per heavy atom. The standard InChI is InChI=1S/C20H24N2/c1-15(2)21-12-18-14-22(20-7-5-4-6-19(18)20)13-17-10-8-16(3)9-11-17/h4-11,14-15,21H,12-13H2,1-3H3. The van der Waals surface area contributed by atoms with Crippen molar-refractivity contribution < 1.29 is 0 Å². The van der Waals surface area contributed by atoms with Gasteiger partial charge in [0, 0.05) is 36.2 Å². The van der Waals surface area contributed by atoms with Crippen LogP contribution < -0.4 is 5.32 Å². The average Bonchev–Trinajstić information content (AvgIpc) is 2.86. The summed E-state index contributed by atoms with van der Waals surface area (Å²) in [5.41, 5.74) is 5.33. The largest absolute Gasteiger partial charge is 0.343 e. The quantitative estimate of drug-likeness (QED) is 0.733. The Hall–Kier alpha value is -2.06. The molecule has 22 heavy (non-hydrogen) atoms. The summed E-state index contributed by atoms with van der Waals surface area (Å²) >= 11 is 0. The van der Waals surface area contributed by atoms with Crippen molar-refractivity contribution >= 4 is 10.9 Å². The van der Waals surface area contributed by atoms with E-state index in [9.17, 15) is 0 Å². The summed E-state index contributed by atoms with van der Waals surface area (Å²) in [7, 11) is 0. The molecule has 2 heteroatoms. The molecule has 0 amide bonds. The fourth-order valence-corrected chi connectivity index (χ4v) is 2.80. The van der Waals surface area contributed by atoms with Gasteiger partial charge in [-0.05, 0) is 24.1 Å². The number of hydrogen-bond acceptors (Lipinski definition) is 1. The Balaban J connectivity index is 1.93. The summed E-state index contributed by atoms with van der Waals surface area (Å²) in [6, 6.07) is 18.0. The van der Waals surface area contributed by atoms with Gasteiger partial charge in [0.2, 0.25) is 0 Å². The maximum atomic E-state index is 3.53. The molecule has 114 valence electrons. The summed E-state index contributed by atoms with van der Waals surface area (Å²) in [4.78, 5) is 0. The van der Waals surface area contributed by atoms with Gasteiger partial charge in [0.15, 0.2) is 0 Å². The summed E-state index contributed by atoms with van der Waals surface area (Å²) < 4.78 is 2.36. The van der Waals surface area contributed by atoms with Crippen LogP contribution in [0.25, 0.3) is 10.9 Å². The van der Waals surface area contributed by atoms with Crippen molar-refractivity contribution in [1.29, 1.82) is 0 Å². The van der Waals surface area contributed by atoms with Crippen molar-refractivity contribution in [3.05, 3.63) is 71.4 Å². The van der Waals surface area contributed by atoms with Gasteiger partial charge in [0.1, 0.15) is 0 Å². The van der Waals surface area contributed by atoms with Gasteiger partial charge in [-0.25, -0.2) is 0 Å². The van der Waals surface area contributed by atoms with Gasteiger partial charge in [0.05, 0.1) is 0 Å². The van der Waals surface area contributed by atoms with Gasteiger partial charge in [0.25, 0.3) is 0 Å². The molecular formula is C20H24N2. The minimum Gasteiger partial charge on any atom is -0.343 e. The van der Waals surface area contributed by atoms with Crippen molar-refractivity contribution in [2.75, 3.05) is 0 Å². The molecule has 0 radical (unpaired) electrons. The van der Waals surface area contributed by atoms with Gasteiger partial charge >= 0.3 is 0 Å². The molecule has 0 fully saturated rings. The molecule has 1 aromatic heterocycles. The van der Waals surface area contributed by atoms with Crippen LogP contribution >= 0.6 is 0 Å². The van der Waals surface area contributed by atoms with Gasteiger partial charge < -0.3 is 9.88 Å². The molecule has 0 saturated carbocycles. The molecule has 3 aromatic rings. The van der Waals surface area contributed by atoms with E-state index >= 15 is 0 Å². The van der Waals surface area contributed by atoms with E-state index < -0.39 is 0 Å². The monoisotopic (exact) mass is 292 g/mol. The zero-order chi connectivity index (χ0) is 15.5. The average molecular weight is 292 g/mol. The molecule has 0 atom stereocenters. The lowest BCUT2D eigenvalue weighted by Gasteiger charge is -2.07. The van der Waals surface area contributed by atoms with E-state index in [2.05, 4.69) is 85.4 Å². The fraction of sp³-hybridized carbons (Fsp3) is 0.300. The molecule has 0 aliphatic heterocycles. The molecule has 2 nitrogen and oxygen atoms in total. The second-order valence-electron chi connectivity index (χ2n) is 6.32. The van der Waals surface area contributed by atoms with Crippen LogP contribution in [0.4, 0.5) is 0 Å². The highest BCUT2D eigenvalue weighted by Crippen LogP contribution is 2.22. The Morgan fingerprint density at radius 1 is 1.00 bits per heavy atom. The smallest absolute Gasteiger partial charge is 0.0486 e. The Kier molecular flexibility index (Phi) is 4.30. The fourth-order valence-electron chi connectivity index (χ4n) is 2.80. The second kappa shape index (κ2) is 6.37. The number of rotatable bonds is 5. The molecule has 2 aromatic carbocycles. The third kappa shape index (κ3) is 3.23. The van der Waals surface area contributed by atoms with E-state index in [-0.39, 0.29) is 0 Å². The summed E-state index contributed by atoms with van der Waals surface area (Å²) in [6.07, 6.45) is 2.29. The first-order valence-electron chi connectivity index (χ1n) is 7.99. The van der Waals surface area contributed by atoms with Crippen molar-refractivity contribution in [2.45, 2.75) is 39.9 Å². The van der Waals surface area contributed by atoms with E-state index in [0.717, 1.165) is 13.1 Å². The van der Waals surface area contributed by atoms with Crippen LogP contribution in [0.15, 0.2) is 54.7 Å². The number of aryl methyl sites for hydroxylation is 1. The van der Waals surface area contributed by atoms with Crippen LogP contribution in [0.3, 0.4) is 0 Å². The number of nitrogens with one attached hydrogen (secondary N) is 1. The zero-order valence-corrected chi connectivity index (χ0v) is 13.6. The van der Waals surface area contributed by atoms with Crippen LogP contribution in [-0.4, -0.2) is 10.6 Å². The molecule has 0 unspecified atom stereocenters. The van der Waals surface area contributed by atoms with E-state index in [0.29, 0.717) is 6.04 Å². The Morgan fingerprint density at radius 2 is 1.73 bits per heavy atom. The van der Waals surface area contributed by atoms with E-state index in [1.165, 1.54) is 27.6 Å². The molecule has 0 aliphatic carbocycles. The van der Waals surface area contributed by atoms with Crippen LogP contribution in [0.2, 0.25) is 0 Å². The van der Waals surface area contributed by atoms with Crippen molar-refractivity contribution in [1.82, 2.24) is 9.88 Å². The number of benzene rings is 2. The molecule has 1 heterocycles. The predicted molar refractivity (Wildman–Crippen MR) is 94.2 cm³/mol. The van der Waals surface area contributed by atoms with Gasteiger partial charge in [-0.15, -0.1) is 0 Å². The van der Waals surface area contributed by atoms with Crippen molar-refractivity contribution in [3.8, 4) is 0 Å². The van der Waals surface area contributed by atoms with E-state index in [4.69, 9.17) is 0 Å². The van der Waals surface area contributed by atoms with Crippen molar-refractivity contribution in [2.24, 2.45) is 0 Å². The minimum absolute atomic E-state index is 0.499. The number of aromatic nitrogens is 1. The van der Waals surface area contributed by atoms with E-state index in [1.807, 2.05) is 0 Å². The maximum absolute atomic E-state index is 3.53. The second-order valence-corrected chi connectivity index (χ2v) is 6.32. The van der Waals surface area contributed by atoms with E-state index in [1.54, 1.807) is 0 Å². The molecule has 1 N–H and O–H groups in total. The Labute approximate surface area is 132 Å². The highest BCUT2D eigenvalue weighted by Gasteiger charge is 2.08. The molecule has 0 saturated heterocycles. The lowest BCUT2D eigenvalue weighted by molar-refractivity contribution is 0.589. The summed E-state index contributed by atoms with van der Waals surface area (Å²) in [5, 5.41) is 4.88. The number of nitrogens with zero attached hydrogens (tertiary/aromatic N) is 1. The maximum Gasteiger partial charge on any atom is 0.0486 e. The van der Waals surface area contributed by atoms with Crippen LogP contribution in [0.1, 0.15) is 30.5 Å². The topological polar surface area (TPSA) is 17.0 Å². The first-order chi connectivity index (χ1) is 10.6. The Bertz CT molecular complexity index is 751. The zero-order valence-electron chi connectivity index (χ0n) is 13.6. The lowest BCUT2D eigenvalue weighted by atomic mass is 10.1. The highest BCUT2D eigenvalue weighted by atomic mass is 15.0. The molecule has 0 bridgehead atoms. The third-order valence-electron chi connectivity index (χ3n) is 4.05.